The lowest BCUT2D eigenvalue weighted by Gasteiger charge is -2.11. The van der Waals surface area contributed by atoms with Crippen molar-refractivity contribution in [3.63, 3.8) is 0 Å². The number of methoxy groups -OCH3 is 1. The van der Waals surface area contributed by atoms with Crippen LogP contribution in [0.4, 0.5) is 5.69 Å². The summed E-state index contributed by atoms with van der Waals surface area (Å²) < 4.78 is 33.3. The van der Waals surface area contributed by atoms with Crippen LogP contribution in [-0.4, -0.2) is 15.5 Å². The largest absolute Gasteiger partial charge is 0.497 e. The van der Waals surface area contributed by atoms with Crippen molar-refractivity contribution in [1.82, 2.24) is 0 Å². The van der Waals surface area contributed by atoms with E-state index in [1.165, 1.54) is 18.2 Å². The molecule has 6 nitrogen and oxygen atoms in total. The molecule has 0 bridgehead atoms. The first-order chi connectivity index (χ1) is 9.90. The third kappa shape index (κ3) is 3.87. The number of primary sulfonamides is 1. The van der Waals surface area contributed by atoms with Crippen LogP contribution in [0, 0.1) is 0 Å². The molecule has 0 aliphatic carbocycles. The summed E-state index contributed by atoms with van der Waals surface area (Å²) in [5.41, 5.74) is 6.98. The molecular formula is C14H16N2O4S. The summed E-state index contributed by atoms with van der Waals surface area (Å²) in [5.74, 6) is 0.978. The molecule has 4 N–H and O–H groups in total. The van der Waals surface area contributed by atoms with E-state index in [9.17, 15) is 8.42 Å². The molecule has 2 aromatic rings. The van der Waals surface area contributed by atoms with E-state index in [0.717, 1.165) is 5.56 Å². The Labute approximate surface area is 123 Å². The number of hydrogen-bond donors (Lipinski definition) is 2. The Morgan fingerprint density at radius 1 is 1.14 bits per heavy atom. The third-order valence-electron chi connectivity index (χ3n) is 2.84. The smallest absolute Gasteiger partial charge is 0.238 e. The van der Waals surface area contributed by atoms with Crippen LogP contribution in [0.2, 0.25) is 0 Å². The maximum atomic E-state index is 11.3. The van der Waals surface area contributed by atoms with Crippen LogP contribution in [0.3, 0.4) is 0 Å². The Morgan fingerprint density at radius 3 is 2.57 bits per heavy atom. The van der Waals surface area contributed by atoms with Crippen LogP contribution < -0.4 is 20.3 Å². The Balaban J connectivity index is 2.19. The summed E-state index contributed by atoms with van der Waals surface area (Å²) in [4.78, 5) is -0.0441. The van der Waals surface area contributed by atoms with Crippen molar-refractivity contribution in [1.29, 1.82) is 0 Å². The molecule has 0 aliphatic rings. The molecule has 0 aliphatic heterocycles. The average Bonchev–Trinajstić information content (AvgIpc) is 2.45. The van der Waals surface area contributed by atoms with Gasteiger partial charge < -0.3 is 15.2 Å². The summed E-state index contributed by atoms with van der Waals surface area (Å²) in [6, 6.07) is 11.4. The van der Waals surface area contributed by atoms with Gasteiger partial charge in [-0.05, 0) is 29.8 Å². The molecule has 21 heavy (non-hydrogen) atoms. The number of benzene rings is 2. The van der Waals surface area contributed by atoms with Crippen molar-refractivity contribution >= 4 is 15.7 Å². The molecule has 0 radical (unpaired) electrons. The molecule has 0 heterocycles. The van der Waals surface area contributed by atoms with Crippen LogP contribution in [0.1, 0.15) is 5.56 Å². The lowest BCUT2D eigenvalue weighted by atomic mass is 10.2. The molecule has 0 unspecified atom stereocenters. The van der Waals surface area contributed by atoms with Gasteiger partial charge in [0.25, 0.3) is 0 Å². The van der Waals surface area contributed by atoms with Gasteiger partial charge in [0.1, 0.15) is 18.1 Å². The second-order valence-corrected chi connectivity index (χ2v) is 5.95. The fourth-order valence-corrected chi connectivity index (χ4v) is 2.27. The topological polar surface area (TPSA) is 105 Å². The SMILES string of the molecule is COc1cccc(COc2cc(S(N)(=O)=O)ccc2N)c1. The maximum absolute atomic E-state index is 11.3. The molecular weight excluding hydrogens is 292 g/mol. The second-order valence-electron chi connectivity index (χ2n) is 4.38. The Bertz CT molecular complexity index is 744. The van der Waals surface area contributed by atoms with E-state index >= 15 is 0 Å². The maximum Gasteiger partial charge on any atom is 0.238 e. The molecule has 0 saturated heterocycles. The monoisotopic (exact) mass is 308 g/mol. The average molecular weight is 308 g/mol. The standard InChI is InChI=1S/C14H16N2O4S/c1-19-11-4-2-3-10(7-11)9-20-14-8-12(21(16,17)18)5-6-13(14)15/h2-8H,9,15H2,1H3,(H2,16,17,18). The number of sulfonamides is 1. The van der Waals surface area contributed by atoms with E-state index in [2.05, 4.69) is 0 Å². The highest BCUT2D eigenvalue weighted by atomic mass is 32.2. The van der Waals surface area contributed by atoms with Gasteiger partial charge in [0, 0.05) is 6.07 Å². The van der Waals surface area contributed by atoms with Gasteiger partial charge in [-0.1, -0.05) is 12.1 Å². The van der Waals surface area contributed by atoms with Gasteiger partial charge >= 0.3 is 0 Å². The predicted molar refractivity (Wildman–Crippen MR) is 79.6 cm³/mol. The van der Waals surface area contributed by atoms with Crippen LogP contribution >= 0.6 is 0 Å². The van der Waals surface area contributed by atoms with Crippen LogP contribution in [0.5, 0.6) is 11.5 Å². The summed E-state index contributed by atoms with van der Waals surface area (Å²) in [7, 11) is -2.21. The second kappa shape index (κ2) is 6.02. The van der Waals surface area contributed by atoms with Crippen LogP contribution in [-0.2, 0) is 16.6 Å². The minimum absolute atomic E-state index is 0.0441. The zero-order valence-electron chi connectivity index (χ0n) is 11.4. The number of anilines is 1. The van der Waals surface area contributed by atoms with Gasteiger partial charge in [-0.15, -0.1) is 0 Å². The Morgan fingerprint density at radius 2 is 1.90 bits per heavy atom. The van der Waals surface area contributed by atoms with Crippen molar-refractivity contribution < 1.29 is 17.9 Å². The molecule has 112 valence electrons. The van der Waals surface area contributed by atoms with Crippen molar-refractivity contribution in [2.45, 2.75) is 11.5 Å². The first kappa shape index (κ1) is 15.1. The van der Waals surface area contributed by atoms with Gasteiger partial charge in [-0.25, -0.2) is 13.6 Å². The van der Waals surface area contributed by atoms with E-state index in [1.807, 2.05) is 24.3 Å². The van der Waals surface area contributed by atoms with Crippen molar-refractivity contribution in [2.75, 3.05) is 12.8 Å². The van der Waals surface area contributed by atoms with E-state index in [4.69, 9.17) is 20.3 Å². The van der Waals surface area contributed by atoms with Crippen LogP contribution in [0.15, 0.2) is 47.4 Å². The summed E-state index contributed by atoms with van der Waals surface area (Å²) in [5, 5.41) is 5.08. The molecule has 2 aromatic carbocycles. The van der Waals surface area contributed by atoms with Gasteiger partial charge in [0.05, 0.1) is 17.7 Å². The lowest BCUT2D eigenvalue weighted by Crippen LogP contribution is -2.12. The Kier molecular flexibility index (Phi) is 4.35. The van der Waals surface area contributed by atoms with E-state index < -0.39 is 10.0 Å². The van der Waals surface area contributed by atoms with Gasteiger partial charge in [0.15, 0.2) is 0 Å². The highest BCUT2D eigenvalue weighted by molar-refractivity contribution is 7.89. The molecule has 0 fully saturated rings. The van der Waals surface area contributed by atoms with Gasteiger partial charge in [-0.2, -0.15) is 0 Å². The predicted octanol–water partition coefficient (Wildman–Crippen LogP) is 1.50. The summed E-state index contributed by atoms with van der Waals surface area (Å²) >= 11 is 0. The Hall–Kier alpha value is -2.25. The minimum Gasteiger partial charge on any atom is -0.497 e. The fraction of sp³-hybridized carbons (Fsp3) is 0.143. The lowest BCUT2D eigenvalue weighted by molar-refractivity contribution is 0.306. The number of nitrogens with two attached hydrogens (primary N) is 2. The molecule has 0 atom stereocenters. The van der Waals surface area contributed by atoms with Crippen molar-refractivity contribution in [3.05, 3.63) is 48.0 Å². The zero-order valence-corrected chi connectivity index (χ0v) is 12.3. The van der Waals surface area contributed by atoms with E-state index in [0.29, 0.717) is 11.4 Å². The number of ether oxygens (including phenoxy) is 2. The highest BCUT2D eigenvalue weighted by Crippen LogP contribution is 2.26. The molecule has 0 saturated carbocycles. The highest BCUT2D eigenvalue weighted by Gasteiger charge is 2.11. The molecule has 0 aromatic heterocycles. The fourth-order valence-electron chi connectivity index (χ4n) is 1.74. The quantitative estimate of drug-likeness (QED) is 0.814. The number of nitrogen functional groups attached to an aromatic ring is 1. The van der Waals surface area contributed by atoms with Crippen LogP contribution in [0.25, 0.3) is 0 Å². The van der Waals surface area contributed by atoms with E-state index in [1.54, 1.807) is 7.11 Å². The molecule has 0 amide bonds. The molecule has 7 heteroatoms. The normalized spacial score (nSPS) is 11.1. The first-order valence-corrected chi connectivity index (χ1v) is 7.63. The van der Waals surface area contributed by atoms with Crippen molar-refractivity contribution in [3.8, 4) is 11.5 Å². The molecule has 0 spiro atoms. The van der Waals surface area contributed by atoms with Crippen molar-refractivity contribution in [2.24, 2.45) is 5.14 Å². The summed E-state index contributed by atoms with van der Waals surface area (Å²) in [6.07, 6.45) is 0. The number of hydrogen-bond acceptors (Lipinski definition) is 5. The van der Waals surface area contributed by atoms with Gasteiger partial charge in [-0.3, -0.25) is 0 Å². The summed E-state index contributed by atoms with van der Waals surface area (Å²) in [6.45, 7) is 0.232. The third-order valence-corrected chi connectivity index (χ3v) is 3.75. The molecule has 2 rings (SSSR count). The first-order valence-electron chi connectivity index (χ1n) is 6.08. The van der Waals surface area contributed by atoms with Gasteiger partial charge in [0.2, 0.25) is 10.0 Å². The van der Waals surface area contributed by atoms with E-state index in [-0.39, 0.29) is 17.3 Å². The number of rotatable bonds is 5. The minimum atomic E-state index is -3.79. The zero-order chi connectivity index (χ0) is 15.5.